The zero-order valence-electron chi connectivity index (χ0n) is 51.0. The first kappa shape index (κ1) is 76.4. The third-order valence-electron chi connectivity index (χ3n) is 12.9. The molecular formula is C49H112B6O16. The van der Waals surface area contributed by atoms with Crippen LogP contribution in [-0.4, -0.2) is 140 Å². The predicted octanol–water partition coefficient (Wildman–Crippen LogP) is 10.1. The van der Waals surface area contributed by atoms with E-state index < -0.39 is 39.9 Å². The fourth-order valence-corrected chi connectivity index (χ4v) is 5.27. The maximum Gasteiger partial charge on any atom is 0.488 e. The molecule has 5 rings (SSSR count). The minimum atomic E-state index is -1.17. The monoisotopic (exact) mass is 1030 g/mol. The SMILES string of the molecule is C.C.C.CB(O)O.CB1OC(C)(C)C(C)(C)O1.CC.CC1(C)OB(B2OC(C)(C)C(C)(C)O2)OC1(C)C.CC1(C)OBOC1(C)C.CO.[3H]C(=O)CCB1OC(C)(C)C(C)(C)O1.[3H]C(=O)CCC.[3H]C(=O)CCC. The maximum atomic E-state index is 10.5. The Kier molecular flexibility index (Phi) is 38.7. The second-order valence-electron chi connectivity index (χ2n) is 21.3. The van der Waals surface area contributed by atoms with Crippen molar-refractivity contribution in [2.75, 3.05) is 7.11 Å². The molecule has 0 amide bonds. The molecule has 422 valence electrons. The Balaban J connectivity index is -0.000000145. The van der Waals surface area contributed by atoms with Crippen LogP contribution in [0.25, 0.3) is 0 Å². The summed E-state index contributed by atoms with van der Waals surface area (Å²) in [5, 5.41) is 22.2. The highest BCUT2D eigenvalue weighted by Crippen LogP contribution is 2.43. The molecule has 5 aliphatic heterocycles. The molecule has 0 aromatic carbocycles. The van der Waals surface area contributed by atoms with Crippen LogP contribution < -0.4 is 0 Å². The lowest BCUT2D eigenvalue weighted by atomic mass is 9.49. The average molecular weight is 1030 g/mol. The van der Waals surface area contributed by atoms with Gasteiger partial charge in [-0.1, -0.05) is 50.0 Å². The van der Waals surface area contributed by atoms with E-state index in [0.29, 0.717) is 26.8 Å². The third-order valence-corrected chi connectivity index (χ3v) is 12.9. The van der Waals surface area contributed by atoms with Crippen LogP contribution in [0.1, 0.15) is 225 Å². The molecule has 0 saturated carbocycles. The largest absolute Gasteiger partial charge is 0.488 e. The van der Waals surface area contributed by atoms with Gasteiger partial charge in [-0.25, -0.2) is 0 Å². The molecule has 0 aromatic heterocycles. The normalized spacial score (nSPS) is 22.7. The molecular weight excluding hydrogens is 909 g/mol. The van der Waals surface area contributed by atoms with Gasteiger partial charge in [-0.15, -0.1) is 0 Å². The summed E-state index contributed by atoms with van der Waals surface area (Å²) in [5.41, 5.74) is -2.71. The van der Waals surface area contributed by atoms with Crippen LogP contribution in [-0.2, 0) is 60.9 Å². The van der Waals surface area contributed by atoms with Crippen molar-refractivity contribution < 1.29 is 80.2 Å². The molecule has 0 atom stereocenters. The zero-order valence-corrected chi connectivity index (χ0v) is 48.0. The number of carbonyl (C=O) groups excluding carboxylic acids is 3. The highest BCUT2D eigenvalue weighted by Gasteiger charge is 2.64. The standard InChI is InChI=1S/C12H24B2O4.C9H17BO3.C7H15BO2.C6H13BO2.2C4H8O.C2H6.CH5BO2.CH4O.3CH4/c1-9(2)10(3,4)16-13(15-9)14-17-11(5,6)12(7,8)18-14;1-8(2)9(3,4)13-10(12-8)6-5-7-11;1-6(2)7(3,4)10-8(5)9-6;1-5(2)6(3,4)9-7-8-5;2*1-2-3-4-5;1-2;1-2(3)4;1-2;;;/h1-8H3;7H,5-6H2,1-4H3;1-5H3;7H,1-4H3;2*4H,2-3H2,1H3;1-2H3;3-4H,1H3;2H,1H3;3*1H4/i;7T;;;2*4T;;;;;;. The second kappa shape index (κ2) is 36.0. The van der Waals surface area contributed by atoms with Gasteiger partial charge < -0.3 is 76.1 Å². The quantitative estimate of drug-likeness (QED) is 0.153. The Morgan fingerprint density at radius 2 is 0.676 bits per heavy atom. The molecule has 0 radical (unpaired) electrons. The summed E-state index contributed by atoms with van der Waals surface area (Å²) in [5.74, 6) is 0. The van der Waals surface area contributed by atoms with Gasteiger partial charge in [0.1, 0.15) is 22.9 Å². The van der Waals surface area contributed by atoms with Gasteiger partial charge in [0, 0.05) is 26.4 Å². The molecule has 0 bridgehead atoms. The Hall–Kier alpha value is -1.12. The summed E-state index contributed by atoms with van der Waals surface area (Å²) >= 11 is 0. The van der Waals surface area contributed by atoms with E-state index in [1.165, 1.54) is 6.82 Å². The fourth-order valence-electron chi connectivity index (χ4n) is 5.27. The summed E-state index contributed by atoms with van der Waals surface area (Å²) in [4.78, 5) is 29.9. The van der Waals surface area contributed by atoms with Gasteiger partial charge in [-0.2, -0.15) is 0 Å². The van der Waals surface area contributed by atoms with Crippen molar-refractivity contribution >= 4 is 61.8 Å². The summed E-state index contributed by atoms with van der Waals surface area (Å²) in [6, 6.07) is 0. The lowest BCUT2D eigenvalue weighted by molar-refractivity contribution is -0.108. The van der Waals surface area contributed by atoms with Crippen molar-refractivity contribution in [1.82, 2.24) is 0 Å². The molecule has 5 fully saturated rings. The summed E-state index contributed by atoms with van der Waals surface area (Å²) in [7, 11) is -1.11. The first-order chi connectivity index (χ1) is 31.7. The van der Waals surface area contributed by atoms with Crippen LogP contribution in [0, 0.1) is 0 Å². The van der Waals surface area contributed by atoms with E-state index in [1.54, 1.807) is 0 Å². The van der Waals surface area contributed by atoms with Crippen LogP contribution >= 0.6 is 0 Å². The van der Waals surface area contributed by atoms with Crippen molar-refractivity contribution in [3.8, 4) is 0 Å². The molecule has 5 saturated heterocycles. The van der Waals surface area contributed by atoms with Crippen LogP contribution in [0.3, 0.4) is 0 Å². The molecule has 5 heterocycles. The zero-order chi connectivity index (χ0) is 57.6. The average Bonchev–Trinajstić information content (AvgIpc) is 3.79. The van der Waals surface area contributed by atoms with E-state index in [0.717, 1.165) is 20.0 Å². The lowest BCUT2D eigenvalue weighted by Crippen LogP contribution is -2.41. The molecule has 0 spiro atoms. The smallest absolute Gasteiger partial charge is 0.427 e. The first-order valence-corrected chi connectivity index (χ1v) is 24.2. The molecule has 0 aromatic rings. The van der Waals surface area contributed by atoms with E-state index in [4.69, 9.17) is 65.8 Å². The van der Waals surface area contributed by atoms with Crippen molar-refractivity contribution in [1.29, 1.82) is 0 Å². The van der Waals surface area contributed by atoms with Gasteiger partial charge in [0.2, 0.25) is 0 Å². The Bertz CT molecular complexity index is 1410. The van der Waals surface area contributed by atoms with Gasteiger partial charge in [0.05, 0.1) is 56.0 Å². The number of carbonyl (C=O) groups is 3. The molecule has 3 N–H and O–H groups in total. The number of aliphatic hydroxyl groups is 1. The van der Waals surface area contributed by atoms with E-state index >= 15 is 0 Å². The highest BCUT2D eigenvalue weighted by molar-refractivity contribution is 7.11. The maximum absolute atomic E-state index is 10.5. The Labute approximate surface area is 444 Å². The number of aliphatic hydroxyl groups excluding tert-OH is 1. The third kappa shape index (κ3) is 28.6. The highest BCUT2D eigenvalue weighted by atomic mass is 16.7. The van der Waals surface area contributed by atoms with E-state index in [-0.39, 0.29) is 98.9 Å². The van der Waals surface area contributed by atoms with Gasteiger partial charge in [0.25, 0.3) is 0 Å². The van der Waals surface area contributed by atoms with E-state index in [2.05, 4.69) is 27.7 Å². The van der Waals surface area contributed by atoms with Gasteiger partial charge in [-0.3, -0.25) is 0 Å². The Morgan fingerprint density at radius 1 is 0.465 bits per heavy atom. The summed E-state index contributed by atoms with van der Waals surface area (Å²) < 4.78 is 76.4. The van der Waals surface area contributed by atoms with E-state index in [1.807, 2.05) is 145 Å². The minimum absolute atomic E-state index is 0. The van der Waals surface area contributed by atoms with Crippen LogP contribution in [0.5, 0.6) is 0 Å². The van der Waals surface area contributed by atoms with Crippen LogP contribution in [0.15, 0.2) is 0 Å². The van der Waals surface area contributed by atoms with Gasteiger partial charge >= 0.3 is 43.1 Å². The van der Waals surface area contributed by atoms with Crippen LogP contribution in [0.2, 0.25) is 20.0 Å². The minimum Gasteiger partial charge on any atom is -0.427 e. The molecule has 5 aliphatic rings. The van der Waals surface area contributed by atoms with Crippen LogP contribution in [0.4, 0.5) is 0 Å². The van der Waals surface area contributed by atoms with Crippen molar-refractivity contribution in [3.05, 3.63) is 0 Å². The summed E-state index contributed by atoms with van der Waals surface area (Å²) in [6.07, 6.45) is 1.56. The fraction of sp³-hybridized carbons (Fsp3) is 0.939. The second-order valence-corrected chi connectivity index (χ2v) is 21.3. The molecule has 71 heavy (non-hydrogen) atoms. The molecule has 16 nitrogen and oxygen atoms in total. The van der Waals surface area contributed by atoms with E-state index in [9.17, 15) is 14.4 Å². The predicted molar refractivity (Wildman–Crippen MR) is 301 cm³/mol. The first-order valence-electron chi connectivity index (χ1n) is 25.7. The van der Waals surface area contributed by atoms with Crippen molar-refractivity contribution in [2.45, 2.75) is 297 Å². The van der Waals surface area contributed by atoms with Crippen molar-refractivity contribution in [3.63, 3.8) is 0 Å². The lowest BCUT2D eigenvalue weighted by Gasteiger charge is -2.32. The van der Waals surface area contributed by atoms with Gasteiger partial charge in [-0.05, 0) is 171 Å². The molecule has 0 unspecified atom stereocenters. The summed E-state index contributed by atoms with van der Waals surface area (Å²) in [6.45, 7) is 51.4. The molecule has 22 heteroatoms. The van der Waals surface area contributed by atoms with Gasteiger partial charge in [0.15, 0.2) is 0 Å². The number of hydrogen-bond acceptors (Lipinski definition) is 16. The number of hydrogen-bond donors (Lipinski definition) is 3. The number of rotatable bonds is 8. The Morgan fingerprint density at radius 3 is 0.817 bits per heavy atom. The molecule has 0 aliphatic carbocycles. The number of aldehydes is 3. The van der Waals surface area contributed by atoms with Crippen molar-refractivity contribution in [2.24, 2.45) is 0 Å². The topological polar surface area (TPSA) is 204 Å².